The Morgan fingerprint density at radius 1 is 1.07 bits per heavy atom. The molecule has 0 aliphatic carbocycles. The second kappa shape index (κ2) is 8.16. The van der Waals surface area contributed by atoms with Crippen LogP contribution in [0.3, 0.4) is 0 Å². The summed E-state index contributed by atoms with van der Waals surface area (Å²) < 4.78 is 26.4. The van der Waals surface area contributed by atoms with Crippen LogP contribution in [0.1, 0.15) is 34.3 Å². The Hall–Kier alpha value is -2.78. The number of nitrogens with one attached hydrogen (secondary N) is 1. The Morgan fingerprint density at radius 3 is 2.57 bits per heavy atom. The monoisotopic (exact) mass is 442 g/mol. The standard InChI is InChI=1S/C21H22N4O3S2/c1-14-5-8-16(9-6-14)20-23-24-21(29-20)22-19(26)17-10-7-15(2)18(13-17)25-11-3-4-12-30(25,27)28/h5-10,13H,3-4,11-12H2,1-2H3,(H,22,24,26). The van der Waals surface area contributed by atoms with Crippen LogP contribution < -0.4 is 9.62 Å². The van der Waals surface area contributed by atoms with Gasteiger partial charge in [0.05, 0.1) is 11.4 Å². The summed E-state index contributed by atoms with van der Waals surface area (Å²) in [5.74, 6) is -0.215. The zero-order valence-electron chi connectivity index (χ0n) is 16.8. The lowest BCUT2D eigenvalue weighted by Crippen LogP contribution is -2.38. The van der Waals surface area contributed by atoms with Crippen molar-refractivity contribution in [1.29, 1.82) is 0 Å². The van der Waals surface area contributed by atoms with Crippen LogP contribution in [0.4, 0.5) is 10.8 Å². The Morgan fingerprint density at radius 2 is 1.83 bits per heavy atom. The number of nitrogens with zero attached hydrogens (tertiary/aromatic N) is 3. The lowest BCUT2D eigenvalue weighted by Gasteiger charge is -2.29. The van der Waals surface area contributed by atoms with Gasteiger partial charge in [0.1, 0.15) is 5.01 Å². The van der Waals surface area contributed by atoms with Crippen molar-refractivity contribution in [3.63, 3.8) is 0 Å². The molecule has 2 heterocycles. The summed E-state index contributed by atoms with van der Waals surface area (Å²) in [6.07, 6.45) is 1.47. The average Bonchev–Trinajstić information content (AvgIpc) is 3.17. The molecule has 1 amide bonds. The van der Waals surface area contributed by atoms with Crippen LogP contribution in [-0.4, -0.2) is 36.8 Å². The molecule has 1 aliphatic heterocycles. The van der Waals surface area contributed by atoms with Gasteiger partial charge in [-0.15, -0.1) is 10.2 Å². The Bertz CT molecular complexity index is 1190. The van der Waals surface area contributed by atoms with Crippen molar-refractivity contribution in [1.82, 2.24) is 10.2 Å². The number of anilines is 2. The number of hydrogen-bond donors (Lipinski definition) is 1. The maximum absolute atomic E-state index is 12.8. The van der Waals surface area contributed by atoms with E-state index in [4.69, 9.17) is 0 Å². The molecule has 1 N–H and O–H groups in total. The van der Waals surface area contributed by atoms with Gasteiger partial charge < -0.3 is 0 Å². The van der Waals surface area contributed by atoms with E-state index in [1.165, 1.54) is 15.6 Å². The highest BCUT2D eigenvalue weighted by Gasteiger charge is 2.27. The molecule has 30 heavy (non-hydrogen) atoms. The van der Waals surface area contributed by atoms with Gasteiger partial charge in [-0.1, -0.05) is 47.2 Å². The summed E-state index contributed by atoms with van der Waals surface area (Å²) in [7, 11) is -3.35. The molecule has 1 aromatic heterocycles. The highest BCUT2D eigenvalue weighted by Crippen LogP contribution is 2.29. The topological polar surface area (TPSA) is 92.3 Å². The number of rotatable bonds is 4. The lowest BCUT2D eigenvalue weighted by atomic mass is 10.1. The second-order valence-electron chi connectivity index (χ2n) is 7.33. The van der Waals surface area contributed by atoms with Crippen LogP contribution in [0.15, 0.2) is 42.5 Å². The summed E-state index contributed by atoms with van der Waals surface area (Å²) in [5, 5.41) is 12.1. The Labute approximate surface area is 179 Å². The van der Waals surface area contributed by atoms with Crippen LogP contribution >= 0.6 is 11.3 Å². The Kier molecular flexibility index (Phi) is 5.57. The van der Waals surface area contributed by atoms with E-state index in [0.29, 0.717) is 34.4 Å². The maximum Gasteiger partial charge on any atom is 0.257 e. The van der Waals surface area contributed by atoms with Crippen LogP contribution in [0.25, 0.3) is 10.6 Å². The van der Waals surface area contributed by atoms with E-state index in [2.05, 4.69) is 15.5 Å². The Balaban J connectivity index is 1.55. The third-order valence-electron chi connectivity index (χ3n) is 5.03. The second-order valence-corrected chi connectivity index (χ2v) is 10.3. The SMILES string of the molecule is Cc1ccc(-c2nnc(NC(=O)c3ccc(C)c(N4CCCCS4(=O)=O)c3)s2)cc1. The molecule has 0 bridgehead atoms. The number of amides is 1. The van der Waals surface area contributed by atoms with Gasteiger partial charge in [-0.3, -0.25) is 14.4 Å². The third-order valence-corrected chi connectivity index (χ3v) is 7.78. The van der Waals surface area contributed by atoms with Gasteiger partial charge in [0.15, 0.2) is 0 Å². The zero-order chi connectivity index (χ0) is 21.3. The summed E-state index contributed by atoms with van der Waals surface area (Å²) in [4.78, 5) is 12.8. The van der Waals surface area contributed by atoms with E-state index in [1.807, 2.05) is 38.1 Å². The molecule has 156 valence electrons. The van der Waals surface area contributed by atoms with Gasteiger partial charge in [-0.2, -0.15) is 0 Å². The van der Waals surface area contributed by atoms with E-state index in [9.17, 15) is 13.2 Å². The van der Waals surface area contributed by atoms with Crippen LogP contribution in [0.2, 0.25) is 0 Å². The van der Waals surface area contributed by atoms with Gasteiger partial charge in [0, 0.05) is 17.7 Å². The molecule has 4 rings (SSSR count). The zero-order valence-corrected chi connectivity index (χ0v) is 18.4. The molecule has 0 radical (unpaired) electrons. The first-order chi connectivity index (χ1) is 14.3. The van der Waals surface area contributed by atoms with Crippen molar-refractivity contribution in [2.24, 2.45) is 0 Å². The quantitative estimate of drug-likeness (QED) is 0.659. The first-order valence-corrected chi connectivity index (χ1v) is 12.1. The highest BCUT2D eigenvalue weighted by atomic mass is 32.2. The first kappa shape index (κ1) is 20.5. The summed E-state index contributed by atoms with van der Waals surface area (Å²) in [6, 6.07) is 13.0. The van der Waals surface area contributed by atoms with Crippen molar-refractivity contribution in [3.8, 4) is 10.6 Å². The van der Waals surface area contributed by atoms with Crippen molar-refractivity contribution >= 4 is 38.1 Å². The van der Waals surface area contributed by atoms with Crippen molar-refractivity contribution in [3.05, 3.63) is 59.2 Å². The average molecular weight is 443 g/mol. The van der Waals surface area contributed by atoms with Gasteiger partial charge in [0.25, 0.3) is 5.91 Å². The largest absolute Gasteiger partial charge is 0.296 e. The molecule has 1 fully saturated rings. The highest BCUT2D eigenvalue weighted by molar-refractivity contribution is 7.92. The molecule has 9 heteroatoms. The maximum atomic E-state index is 12.8. The predicted molar refractivity (Wildman–Crippen MR) is 120 cm³/mol. The fourth-order valence-corrected chi connectivity index (χ4v) is 5.77. The minimum absolute atomic E-state index is 0.134. The normalized spacial score (nSPS) is 15.7. The van der Waals surface area contributed by atoms with E-state index < -0.39 is 10.0 Å². The molecule has 0 saturated carbocycles. The van der Waals surface area contributed by atoms with Crippen molar-refractivity contribution in [2.75, 3.05) is 21.9 Å². The van der Waals surface area contributed by atoms with E-state index in [1.54, 1.807) is 18.2 Å². The molecular formula is C21H22N4O3S2. The number of aromatic nitrogens is 2. The lowest BCUT2D eigenvalue weighted by molar-refractivity contribution is 0.102. The molecular weight excluding hydrogens is 420 g/mol. The van der Waals surface area contributed by atoms with Crippen LogP contribution in [0.5, 0.6) is 0 Å². The molecule has 2 aromatic carbocycles. The van der Waals surface area contributed by atoms with Gasteiger partial charge in [-0.05, 0) is 44.4 Å². The summed E-state index contributed by atoms with van der Waals surface area (Å²) in [5.41, 5.74) is 3.84. The van der Waals surface area contributed by atoms with Crippen LogP contribution in [-0.2, 0) is 10.0 Å². The predicted octanol–water partition coefficient (Wildman–Crippen LogP) is 4.00. The van der Waals surface area contributed by atoms with Crippen molar-refractivity contribution < 1.29 is 13.2 Å². The van der Waals surface area contributed by atoms with Gasteiger partial charge in [0.2, 0.25) is 15.2 Å². The molecule has 0 atom stereocenters. The minimum Gasteiger partial charge on any atom is -0.296 e. The van der Waals surface area contributed by atoms with E-state index in [0.717, 1.165) is 23.1 Å². The van der Waals surface area contributed by atoms with Gasteiger partial charge in [-0.25, -0.2) is 8.42 Å². The third kappa shape index (κ3) is 4.22. The summed E-state index contributed by atoms with van der Waals surface area (Å²) >= 11 is 1.29. The smallest absolute Gasteiger partial charge is 0.257 e. The number of aryl methyl sites for hydroxylation is 2. The van der Waals surface area contributed by atoms with Gasteiger partial charge >= 0.3 is 0 Å². The first-order valence-electron chi connectivity index (χ1n) is 9.66. The number of hydrogen-bond acceptors (Lipinski definition) is 6. The number of benzene rings is 2. The molecule has 0 unspecified atom stereocenters. The molecule has 3 aromatic rings. The fourth-order valence-electron chi connectivity index (χ4n) is 3.33. The fraction of sp³-hybridized carbons (Fsp3) is 0.286. The molecule has 1 aliphatic rings. The van der Waals surface area contributed by atoms with E-state index >= 15 is 0 Å². The molecule has 0 spiro atoms. The van der Waals surface area contributed by atoms with E-state index in [-0.39, 0.29) is 11.7 Å². The molecule has 1 saturated heterocycles. The minimum atomic E-state index is -3.35. The number of carbonyl (C=O) groups excluding carboxylic acids is 1. The van der Waals surface area contributed by atoms with Crippen LogP contribution in [0, 0.1) is 13.8 Å². The number of sulfonamides is 1. The number of carbonyl (C=O) groups is 1. The van der Waals surface area contributed by atoms with Crippen molar-refractivity contribution in [2.45, 2.75) is 26.7 Å². The molecule has 7 nitrogen and oxygen atoms in total. The summed E-state index contributed by atoms with van der Waals surface area (Å²) in [6.45, 7) is 4.30.